The van der Waals surface area contributed by atoms with E-state index in [1.807, 2.05) is 68.8 Å². The van der Waals surface area contributed by atoms with Crippen LogP contribution in [-0.2, 0) is 33.0 Å². The minimum Gasteiger partial charge on any atom is -0.348 e. The number of hydrogen-bond acceptors (Lipinski definition) is 4. The van der Waals surface area contributed by atoms with Gasteiger partial charge in [-0.05, 0) is 51.3 Å². The van der Waals surface area contributed by atoms with Crippen LogP contribution in [0.15, 0.2) is 65.6 Å². The van der Waals surface area contributed by atoms with Crippen molar-refractivity contribution >= 4 is 5.91 Å². The second kappa shape index (κ2) is 10.5. The standard InChI is InChI=1S/C28H31N5O2/c1-19-16-26(34)27(28(35)30-17-24-20(2)31-32(4)21(24)3)25(14-13-22-10-6-5-7-11-22)33(19)18-23-12-8-9-15-29-23/h5-12,15-16H,13-14,17-18H2,1-4H3,(H,30,35). The number of aromatic nitrogens is 4. The number of nitrogens with zero attached hydrogens (tertiary/aromatic N) is 4. The van der Waals surface area contributed by atoms with Crippen LogP contribution < -0.4 is 10.7 Å². The molecule has 0 aliphatic rings. The van der Waals surface area contributed by atoms with Gasteiger partial charge in [0.1, 0.15) is 5.56 Å². The summed E-state index contributed by atoms with van der Waals surface area (Å²) in [4.78, 5) is 31.1. The average molecular weight is 470 g/mol. The Morgan fingerprint density at radius 3 is 2.40 bits per heavy atom. The summed E-state index contributed by atoms with van der Waals surface area (Å²) in [7, 11) is 1.88. The molecular weight excluding hydrogens is 438 g/mol. The molecule has 1 N–H and O–H groups in total. The van der Waals surface area contributed by atoms with Crippen LogP contribution in [0.25, 0.3) is 0 Å². The number of nitrogens with one attached hydrogen (secondary N) is 1. The summed E-state index contributed by atoms with van der Waals surface area (Å²) in [6, 6.07) is 17.4. The van der Waals surface area contributed by atoms with Gasteiger partial charge >= 0.3 is 0 Å². The monoisotopic (exact) mass is 469 g/mol. The lowest BCUT2D eigenvalue weighted by Crippen LogP contribution is -2.33. The van der Waals surface area contributed by atoms with Gasteiger partial charge in [-0.1, -0.05) is 36.4 Å². The Kier molecular flexibility index (Phi) is 7.25. The van der Waals surface area contributed by atoms with Crippen molar-refractivity contribution in [2.24, 2.45) is 7.05 Å². The maximum absolute atomic E-state index is 13.4. The normalized spacial score (nSPS) is 11.0. The van der Waals surface area contributed by atoms with E-state index in [1.165, 1.54) is 0 Å². The summed E-state index contributed by atoms with van der Waals surface area (Å²) in [5.74, 6) is -0.365. The van der Waals surface area contributed by atoms with Crippen molar-refractivity contribution in [2.45, 2.75) is 46.7 Å². The van der Waals surface area contributed by atoms with Crippen molar-refractivity contribution in [3.8, 4) is 0 Å². The summed E-state index contributed by atoms with van der Waals surface area (Å²) in [6.07, 6.45) is 3.03. The zero-order chi connectivity index (χ0) is 24.9. The van der Waals surface area contributed by atoms with Gasteiger partial charge < -0.3 is 9.88 Å². The number of carbonyl (C=O) groups is 1. The first kappa shape index (κ1) is 24.1. The predicted molar refractivity (Wildman–Crippen MR) is 136 cm³/mol. The highest BCUT2D eigenvalue weighted by molar-refractivity contribution is 5.95. The smallest absolute Gasteiger partial charge is 0.257 e. The van der Waals surface area contributed by atoms with E-state index in [0.717, 1.165) is 39.6 Å². The fourth-order valence-corrected chi connectivity index (χ4v) is 4.44. The molecule has 0 radical (unpaired) electrons. The van der Waals surface area contributed by atoms with Gasteiger partial charge in [0.15, 0.2) is 5.43 Å². The average Bonchev–Trinajstić information content (AvgIpc) is 3.09. The van der Waals surface area contributed by atoms with Gasteiger partial charge in [-0.15, -0.1) is 0 Å². The molecule has 0 aliphatic heterocycles. The largest absolute Gasteiger partial charge is 0.348 e. The molecule has 0 fully saturated rings. The molecule has 1 amide bonds. The number of rotatable bonds is 8. The second-order valence-electron chi connectivity index (χ2n) is 8.82. The minimum atomic E-state index is -0.365. The van der Waals surface area contributed by atoms with Crippen molar-refractivity contribution in [3.05, 3.63) is 116 Å². The summed E-state index contributed by atoms with van der Waals surface area (Å²) in [5.41, 5.74) is 6.30. The first-order valence-electron chi connectivity index (χ1n) is 11.8. The molecule has 3 aromatic heterocycles. The van der Waals surface area contributed by atoms with Crippen LogP contribution in [0.1, 0.15) is 50.0 Å². The molecule has 0 saturated carbocycles. The van der Waals surface area contributed by atoms with E-state index >= 15 is 0 Å². The maximum atomic E-state index is 13.4. The summed E-state index contributed by atoms with van der Waals surface area (Å²) >= 11 is 0. The summed E-state index contributed by atoms with van der Waals surface area (Å²) in [5, 5.41) is 7.40. The van der Waals surface area contributed by atoms with Gasteiger partial charge in [0, 0.05) is 48.5 Å². The fraction of sp³-hybridized carbons (Fsp3) is 0.286. The van der Waals surface area contributed by atoms with Crippen LogP contribution >= 0.6 is 0 Å². The van der Waals surface area contributed by atoms with E-state index in [4.69, 9.17) is 0 Å². The third kappa shape index (κ3) is 5.40. The molecule has 0 aliphatic carbocycles. The van der Waals surface area contributed by atoms with Crippen LogP contribution in [-0.4, -0.2) is 25.2 Å². The maximum Gasteiger partial charge on any atom is 0.257 e. The number of pyridine rings is 2. The van der Waals surface area contributed by atoms with Crippen molar-refractivity contribution in [1.29, 1.82) is 0 Å². The Hall–Kier alpha value is -4.00. The molecular formula is C28H31N5O2. The molecule has 0 saturated heterocycles. The fourth-order valence-electron chi connectivity index (χ4n) is 4.44. The molecule has 0 atom stereocenters. The lowest BCUT2D eigenvalue weighted by atomic mass is 10.0. The van der Waals surface area contributed by atoms with Crippen molar-refractivity contribution < 1.29 is 4.79 Å². The Balaban J connectivity index is 1.71. The predicted octanol–water partition coefficient (Wildman–Crippen LogP) is 3.67. The highest BCUT2D eigenvalue weighted by Crippen LogP contribution is 2.16. The first-order chi connectivity index (χ1) is 16.8. The molecule has 1 aromatic carbocycles. The van der Waals surface area contributed by atoms with Crippen LogP contribution in [0.4, 0.5) is 0 Å². The Morgan fingerprint density at radius 1 is 1.00 bits per heavy atom. The van der Waals surface area contributed by atoms with E-state index in [2.05, 4.69) is 27.5 Å². The number of hydrogen-bond donors (Lipinski definition) is 1. The molecule has 0 unspecified atom stereocenters. The van der Waals surface area contributed by atoms with E-state index in [0.29, 0.717) is 25.9 Å². The number of aryl methyl sites for hydroxylation is 4. The zero-order valence-corrected chi connectivity index (χ0v) is 20.7. The Morgan fingerprint density at radius 2 is 1.74 bits per heavy atom. The topological polar surface area (TPSA) is 81.8 Å². The molecule has 0 spiro atoms. The first-order valence-corrected chi connectivity index (χ1v) is 11.8. The van der Waals surface area contributed by atoms with Crippen LogP contribution in [0.3, 0.4) is 0 Å². The van der Waals surface area contributed by atoms with Gasteiger partial charge in [0.05, 0.1) is 17.9 Å². The SMILES string of the molecule is Cc1nn(C)c(C)c1CNC(=O)c1c(CCc2ccccc2)n(Cc2ccccn2)c(C)cc1=O. The Labute approximate surface area is 205 Å². The molecule has 180 valence electrons. The third-order valence-electron chi connectivity index (χ3n) is 6.48. The van der Waals surface area contributed by atoms with Gasteiger partial charge in [-0.2, -0.15) is 5.10 Å². The number of carbonyl (C=O) groups excluding carboxylic acids is 1. The quantitative estimate of drug-likeness (QED) is 0.427. The van der Waals surface area contributed by atoms with Crippen molar-refractivity contribution in [2.75, 3.05) is 0 Å². The zero-order valence-electron chi connectivity index (χ0n) is 20.7. The molecule has 3 heterocycles. The van der Waals surface area contributed by atoms with Gasteiger partial charge in [0.2, 0.25) is 0 Å². The molecule has 7 heteroatoms. The van der Waals surface area contributed by atoms with E-state index in [9.17, 15) is 9.59 Å². The third-order valence-corrected chi connectivity index (χ3v) is 6.48. The van der Waals surface area contributed by atoms with Gasteiger partial charge in [-0.3, -0.25) is 19.3 Å². The molecule has 35 heavy (non-hydrogen) atoms. The second-order valence-corrected chi connectivity index (χ2v) is 8.82. The van der Waals surface area contributed by atoms with Crippen molar-refractivity contribution in [3.63, 3.8) is 0 Å². The van der Waals surface area contributed by atoms with Crippen molar-refractivity contribution in [1.82, 2.24) is 24.6 Å². The number of benzene rings is 1. The van der Waals surface area contributed by atoms with Gasteiger partial charge in [-0.25, -0.2) is 0 Å². The van der Waals surface area contributed by atoms with E-state index in [-0.39, 0.29) is 16.9 Å². The van der Waals surface area contributed by atoms with Crippen LogP contribution in [0, 0.1) is 20.8 Å². The van der Waals surface area contributed by atoms with Crippen LogP contribution in [0.5, 0.6) is 0 Å². The highest BCUT2D eigenvalue weighted by Gasteiger charge is 2.21. The van der Waals surface area contributed by atoms with Gasteiger partial charge in [0.25, 0.3) is 5.91 Å². The molecule has 4 aromatic rings. The summed E-state index contributed by atoms with van der Waals surface area (Å²) in [6.45, 7) is 6.60. The molecule has 4 rings (SSSR count). The number of amides is 1. The Bertz CT molecular complexity index is 1390. The lowest BCUT2D eigenvalue weighted by Gasteiger charge is -2.20. The minimum absolute atomic E-state index is 0.196. The van der Waals surface area contributed by atoms with E-state index < -0.39 is 0 Å². The summed E-state index contributed by atoms with van der Waals surface area (Å²) < 4.78 is 3.84. The molecule has 7 nitrogen and oxygen atoms in total. The lowest BCUT2D eigenvalue weighted by molar-refractivity contribution is 0.0947. The van der Waals surface area contributed by atoms with Crippen LogP contribution in [0.2, 0.25) is 0 Å². The highest BCUT2D eigenvalue weighted by atomic mass is 16.2. The van der Waals surface area contributed by atoms with E-state index in [1.54, 1.807) is 16.9 Å². The molecule has 0 bridgehead atoms.